The molecule has 4 rings (SSSR count). The summed E-state index contributed by atoms with van der Waals surface area (Å²) in [4.78, 5) is 20.9. The molecule has 0 aromatic heterocycles. The van der Waals surface area contributed by atoms with Gasteiger partial charge >= 0.3 is 0 Å². The van der Waals surface area contributed by atoms with Crippen LogP contribution in [0.2, 0.25) is 0 Å². The molecule has 0 spiro atoms. The fourth-order valence-electron chi connectivity index (χ4n) is 4.81. The minimum absolute atomic E-state index is 0.0400. The van der Waals surface area contributed by atoms with Crippen molar-refractivity contribution < 1.29 is 9.53 Å². The lowest BCUT2D eigenvalue weighted by Gasteiger charge is -2.30. The van der Waals surface area contributed by atoms with Crippen molar-refractivity contribution in [3.8, 4) is 0 Å². The Morgan fingerprint density at radius 3 is 2.79 bits per heavy atom. The van der Waals surface area contributed by atoms with Crippen molar-refractivity contribution in [3.05, 3.63) is 35.4 Å². The van der Waals surface area contributed by atoms with Crippen LogP contribution < -0.4 is 5.32 Å². The number of benzene rings is 1. The predicted molar refractivity (Wildman–Crippen MR) is 115 cm³/mol. The van der Waals surface area contributed by atoms with E-state index in [0.29, 0.717) is 17.9 Å². The van der Waals surface area contributed by atoms with Gasteiger partial charge in [-0.1, -0.05) is 24.3 Å². The number of ether oxygens (including phenoxy) is 1. The van der Waals surface area contributed by atoms with Crippen molar-refractivity contribution in [2.45, 2.75) is 38.1 Å². The molecule has 1 aromatic rings. The van der Waals surface area contributed by atoms with Crippen molar-refractivity contribution in [1.29, 1.82) is 0 Å². The smallest absolute Gasteiger partial charge is 0.243 e. The molecular formula is C23H34N4O2. The van der Waals surface area contributed by atoms with Crippen LogP contribution in [0, 0.1) is 11.8 Å². The molecule has 29 heavy (non-hydrogen) atoms. The van der Waals surface area contributed by atoms with Crippen molar-refractivity contribution in [2.75, 3.05) is 46.9 Å². The van der Waals surface area contributed by atoms with Gasteiger partial charge in [0, 0.05) is 46.4 Å². The summed E-state index contributed by atoms with van der Waals surface area (Å²) in [6.07, 6.45) is 5.58. The summed E-state index contributed by atoms with van der Waals surface area (Å²) in [6.45, 7) is 4.02. The van der Waals surface area contributed by atoms with E-state index in [9.17, 15) is 4.79 Å². The second-order valence-electron chi connectivity index (χ2n) is 8.90. The second kappa shape index (κ2) is 9.16. The first-order valence-electron chi connectivity index (χ1n) is 11.0. The summed E-state index contributed by atoms with van der Waals surface area (Å²) in [5.74, 6) is 2.29. The van der Waals surface area contributed by atoms with E-state index in [1.54, 1.807) is 19.0 Å². The highest BCUT2D eigenvalue weighted by Gasteiger charge is 2.34. The van der Waals surface area contributed by atoms with Gasteiger partial charge < -0.3 is 19.9 Å². The van der Waals surface area contributed by atoms with E-state index >= 15 is 0 Å². The normalized spacial score (nSPS) is 27.0. The zero-order chi connectivity index (χ0) is 20.2. The van der Waals surface area contributed by atoms with Gasteiger partial charge in [-0.25, -0.2) is 4.99 Å². The molecule has 158 valence electrons. The van der Waals surface area contributed by atoms with Gasteiger partial charge in [0.05, 0.1) is 0 Å². The Morgan fingerprint density at radius 1 is 1.21 bits per heavy atom. The number of nitrogens with one attached hydrogen (secondary N) is 1. The summed E-state index contributed by atoms with van der Waals surface area (Å²) >= 11 is 0. The molecular weight excluding hydrogens is 364 g/mol. The van der Waals surface area contributed by atoms with Gasteiger partial charge in [0.1, 0.15) is 6.54 Å². The molecule has 0 saturated carbocycles. The molecule has 2 aliphatic heterocycles. The molecule has 1 amide bonds. The maximum atomic E-state index is 12.1. The maximum Gasteiger partial charge on any atom is 0.243 e. The standard InChI is InChI=1S/C23H34N4O2/c1-26(2)22(28)14-24-23(27-11-9-19(15-27)20-10-12-29-16-20)25-21-8-7-17-5-3-4-6-18(17)13-21/h3-6,19-21H,7-16H2,1-2H3,(H,24,25). The number of amides is 1. The number of guanidine groups is 1. The van der Waals surface area contributed by atoms with Crippen molar-refractivity contribution >= 4 is 11.9 Å². The van der Waals surface area contributed by atoms with E-state index in [2.05, 4.69) is 34.5 Å². The summed E-state index contributed by atoms with van der Waals surface area (Å²) in [7, 11) is 3.57. The van der Waals surface area contributed by atoms with Crippen LogP contribution in [0.1, 0.15) is 30.4 Å². The first-order valence-corrected chi connectivity index (χ1v) is 11.0. The molecule has 1 aliphatic carbocycles. The number of nitrogens with zero attached hydrogens (tertiary/aromatic N) is 3. The Labute approximate surface area is 174 Å². The van der Waals surface area contributed by atoms with Crippen LogP contribution >= 0.6 is 0 Å². The lowest BCUT2D eigenvalue weighted by atomic mass is 9.88. The van der Waals surface area contributed by atoms with E-state index in [1.165, 1.54) is 24.0 Å². The predicted octanol–water partition coefficient (Wildman–Crippen LogP) is 1.94. The summed E-state index contributed by atoms with van der Waals surface area (Å²) in [6, 6.07) is 9.10. The Hall–Kier alpha value is -2.08. The van der Waals surface area contributed by atoms with Gasteiger partial charge in [-0.3, -0.25) is 4.79 Å². The van der Waals surface area contributed by atoms with E-state index < -0.39 is 0 Å². The van der Waals surface area contributed by atoms with Crippen LogP contribution in [0.3, 0.4) is 0 Å². The number of likely N-dealkylation sites (N-methyl/N-ethyl adjacent to an activating group) is 1. The van der Waals surface area contributed by atoms with Crippen LogP contribution in [0.4, 0.5) is 0 Å². The van der Waals surface area contributed by atoms with E-state index in [4.69, 9.17) is 9.73 Å². The molecule has 0 bridgehead atoms. The maximum absolute atomic E-state index is 12.1. The molecule has 1 N–H and O–H groups in total. The molecule has 3 aliphatic rings. The Balaban J connectivity index is 1.44. The highest BCUT2D eigenvalue weighted by molar-refractivity contribution is 5.85. The zero-order valence-corrected chi connectivity index (χ0v) is 17.8. The van der Waals surface area contributed by atoms with Gasteiger partial charge in [0.25, 0.3) is 0 Å². The Morgan fingerprint density at radius 2 is 2.03 bits per heavy atom. The number of carbonyl (C=O) groups is 1. The molecule has 3 atom stereocenters. The lowest BCUT2D eigenvalue weighted by molar-refractivity contribution is -0.127. The molecule has 1 aromatic carbocycles. The van der Waals surface area contributed by atoms with Crippen LogP contribution in [0.15, 0.2) is 29.3 Å². The summed E-state index contributed by atoms with van der Waals surface area (Å²) < 4.78 is 5.61. The number of aliphatic imine (C=N–C) groups is 1. The minimum Gasteiger partial charge on any atom is -0.381 e. The summed E-state index contributed by atoms with van der Waals surface area (Å²) in [5.41, 5.74) is 2.90. The fourth-order valence-corrected chi connectivity index (χ4v) is 4.81. The number of likely N-dealkylation sites (tertiary alicyclic amines) is 1. The van der Waals surface area contributed by atoms with Gasteiger partial charge in [-0.2, -0.15) is 0 Å². The monoisotopic (exact) mass is 398 g/mol. The molecule has 6 nitrogen and oxygen atoms in total. The first-order chi connectivity index (χ1) is 14.1. The molecule has 2 fully saturated rings. The third-order valence-corrected chi connectivity index (χ3v) is 6.70. The Kier molecular flexibility index (Phi) is 6.38. The van der Waals surface area contributed by atoms with Crippen molar-refractivity contribution in [3.63, 3.8) is 0 Å². The highest BCUT2D eigenvalue weighted by atomic mass is 16.5. The minimum atomic E-state index is 0.0400. The van der Waals surface area contributed by atoms with Gasteiger partial charge in [-0.15, -0.1) is 0 Å². The average molecular weight is 399 g/mol. The first kappa shape index (κ1) is 20.2. The van der Waals surface area contributed by atoms with Crippen LogP contribution in [0.5, 0.6) is 0 Å². The van der Waals surface area contributed by atoms with Gasteiger partial charge in [0.15, 0.2) is 5.96 Å². The average Bonchev–Trinajstić information content (AvgIpc) is 3.42. The molecule has 3 unspecified atom stereocenters. The SMILES string of the molecule is CN(C)C(=O)CN=C(NC1CCc2ccccc2C1)N1CCC(C2CCOC2)C1. The second-order valence-corrected chi connectivity index (χ2v) is 8.90. The third-order valence-electron chi connectivity index (χ3n) is 6.70. The Bertz CT molecular complexity index is 742. The van der Waals surface area contributed by atoms with Crippen LogP contribution in [-0.2, 0) is 22.4 Å². The highest BCUT2D eigenvalue weighted by Crippen LogP contribution is 2.30. The number of rotatable bonds is 4. The quantitative estimate of drug-likeness (QED) is 0.622. The van der Waals surface area contributed by atoms with E-state index in [0.717, 1.165) is 51.5 Å². The van der Waals surface area contributed by atoms with Crippen LogP contribution in [0.25, 0.3) is 0 Å². The number of hydrogen-bond donors (Lipinski definition) is 1. The molecule has 2 heterocycles. The zero-order valence-electron chi connectivity index (χ0n) is 17.8. The lowest BCUT2D eigenvalue weighted by Crippen LogP contribution is -2.47. The number of aryl methyl sites for hydroxylation is 1. The van der Waals surface area contributed by atoms with E-state index in [-0.39, 0.29) is 12.5 Å². The largest absolute Gasteiger partial charge is 0.381 e. The van der Waals surface area contributed by atoms with E-state index in [1.807, 2.05) is 0 Å². The van der Waals surface area contributed by atoms with Crippen molar-refractivity contribution in [1.82, 2.24) is 15.1 Å². The summed E-state index contributed by atoms with van der Waals surface area (Å²) in [5, 5.41) is 3.72. The number of fused-ring (bicyclic) bond motifs is 1. The fraction of sp³-hybridized carbons (Fsp3) is 0.652. The van der Waals surface area contributed by atoms with Gasteiger partial charge in [0.2, 0.25) is 5.91 Å². The van der Waals surface area contributed by atoms with Gasteiger partial charge in [-0.05, 0) is 55.1 Å². The molecule has 2 saturated heterocycles. The molecule has 0 radical (unpaired) electrons. The number of hydrogen-bond acceptors (Lipinski definition) is 3. The topological polar surface area (TPSA) is 57.2 Å². The number of carbonyl (C=O) groups excluding carboxylic acids is 1. The molecule has 6 heteroatoms. The van der Waals surface area contributed by atoms with Crippen molar-refractivity contribution in [2.24, 2.45) is 16.8 Å². The van der Waals surface area contributed by atoms with Crippen LogP contribution in [-0.4, -0.2) is 74.7 Å². The third kappa shape index (κ3) is 4.92.